The van der Waals surface area contributed by atoms with Gasteiger partial charge in [-0.05, 0) is 68.6 Å². The molecule has 0 aliphatic heterocycles. The second-order valence-electron chi connectivity index (χ2n) is 10.2. The van der Waals surface area contributed by atoms with E-state index in [1.807, 2.05) is 31.2 Å². The number of aromatic nitrogens is 1. The summed E-state index contributed by atoms with van der Waals surface area (Å²) in [7, 11) is 0. The molecule has 0 spiro atoms. The van der Waals surface area contributed by atoms with Crippen LogP contribution in [0.3, 0.4) is 0 Å². The molecule has 5 nitrogen and oxygen atoms in total. The van der Waals surface area contributed by atoms with Crippen molar-refractivity contribution in [2.24, 2.45) is 5.92 Å². The monoisotopic (exact) mass is 505 g/mol. The molecule has 1 heterocycles. The summed E-state index contributed by atoms with van der Waals surface area (Å²) >= 11 is 0. The number of hydrogen-bond acceptors (Lipinski definition) is 4. The van der Waals surface area contributed by atoms with E-state index in [1.165, 1.54) is 11.1 Å². The minimum absolute atomic E-state index is 0.0875. The molecule has 0 unspecified atom stereocenters. The zero-order chi connectivity index (χ0) is 26.5. The number of ether oxygens (including phenoxy) is 2. The van der Waals surface area contributed by atoms with Gasteiger partial charge < -0.3 is 14.5 Å². The van der Waals surface area contributed by atoms with Crippen molar-refractivity contribution in [3.05, 3.63) is 70.9 Å². The number of aromatic amines is 1. The minimum Gasteiger partial charge on any atom is -0.466 e. The Bertz CT molecular complexity index is 1110. The Balaban J connectivity index is 1.38. The van der Waals surface area contributed by atoms with Crippen molar-refractivity contribution in [3.8, 4) is 0 Å². The first-order chi connectivity index (χ1) is 18.0. The largest absolute Gasteiger partial charge is 0.466 e. The number of benzene rings is 2. The van der Waals surface area contributed by atoms with Crippen LogP contribution in [0.1, 0.15) is 86.5 Å². The maximum atomic E-state index is 13.1. The van der Waals surface area contributed by atoms with Gasteiger partial charge in [-0.25, -0.2) is 0 Å². The average Bonchev–Trinajstić information content (AvgIpc) is 3.24. The highest BCUT2D eigenvalue weighted by Crippen LogP contribution is 2.25. The number of H-pyrrole nitrogens is 1. The summed E-state index contributed by atoms with van der Waals surface area (Å²) in [6.07, 6.45) is 7.49. The lowest BCUT2D eigenvalue weighted by Gasteiger charge is -2.07. The Morgan fingerprint density at radius 2 is 1.59 bits per heavy atom. The van der Waals surface area contributed by atoms with Crippen molar-refractivity contribution in [1.29, 1.82) is 0 Å². The number of carbonyl (C=O) groups excluding carboxylic acids is 2. The highest BCUT2D eigenvalue weighted by molar-refractivity contribution is 6.09. The van der Waals surface area contributed by atoms with Crippen molar-refractivity contribution in [3.63, 3.8) is 0 Å². The third kappa shape index (κ3) is 9.47. The SMILES string of the molecule is CCOC(=O)CCCc1[nH]c2ccccc2c1C(=O)CCOCCCCCc1ccc(CC(C)C)cc1. The molecule has 0 saturated carbocycles. The van der Waals surface area contributed by atoms with Gasteiger partial charge in [-0.3, -0.25) is 9.59 Å². The first kappa shape index (κ1) is 28.6. The molecule has 0 radical (unpaired) electrons. The molecule has 0 saturated heterocycles. The summed E-state index contributed by atoms with van der Waals surface area (Å²) in [5.41, 5.74) is 5.40. The van der Waals surface area contributed by atoms with Crippen LogP contribution in [0.2, 0.25) is 0 Å². The van der Waals surface area contributed by atoms with Crippen LogP contribution in [0.4, 0.5) is 0 Å². The molecule has 37 heavy (non-hydrogen) atoms. The van der Waals surface area contributed by atoms with Crippen LogP contribution in [0.5, 0.6) is 0 Å². The van der Waals surface area contributed by atoms with Gasteiger partial charge in [-0.15, -0.1) is 0 Å². The van der Waals surface area contributed by atoms with Crippen molar-refractivity contribution < 1.29 is 19.1 Å². The Morgan fingerprint density at radius 3 is 2.35 bits per heavy atom. The molecule has 1 N–H and O–H groups in total. The Kier molecular flexibility index (Phi) is 11.9. The second kappa shape index (κ2) is 15.4. The van der Waals surface area contributed by atoms with E-state index in [0.717, 1.165) is 54.3 Å². The van der Waals surface area contributed by atoms with Crippen LogP contribution in [-0.2, 0) is 33.5 Å². The van der Waals surface area contributed by atoms with Gasteiger partial charge in [-0.2, -0.15) is 0 Å². The molecular formula is C32H43NO4. The van der Waals surface area contributed by atoms with E-state index in [-0.39, 0.29) is 11.8 Å². The van der Waals surface area contributed by atoms with Gasteiger partial charge in [0.2, 0.25) is 0 Å². The van der Waals surface area contributed by atoms with Crippen molar-refractivity contribution in [2.75, 3.05) is 19.8 Å². The number of Topliss-reactive ketones (excluding diaryl/α,β-unsaturated/α-hetero) is 1. The zero-order valence-corrected chi connectivity index (χ0v) is 22.8. The number of carbonyl (C=O) groups is 2. The quantitative estimate of drug-likeness (QED) is 0.119. The van der Waals surface area contributed by atoms with Crippen LogP contribution in [0.25, 0.3) is 10.9 Å². The first-order valence-electron chi connectivity index (χ1n) is 13.9. The van der Waals surface area contributed by atoms with Gasteiger partial charge in [0.1, 0.15) is 0 Å². The van der Waals surface area contributed by atoms with Crippen LogP contribution in [-0.4, -0.2) is 36.6 Å². The standard InChI is InChI=1S/C32H43NO4/c1-4-37-31(35)15-10-14-29-32(27-12-7-8-13-28(27)33-29)30(34)20-22-36-21-9-5-6-11-25-16-18-26(19-17-25)23-24(2)3/h7-8,12-13,16-19,24,33H,4-6,9-11,14-15,20-23H2,1-3H3. The second-order valence-corrected chi connectivity index (χ2v) is 10.2. The number of para-hydroxylation sites is 1. The predicted molar refractivity (Wildman–Crippen MR) is 150 cm³/mol. The van der Waals surface area contributed by atoms with E-state index in [0.29, 0.717) is 51.4 Å². The number of esters is 1. The number of hydrogen-bond donors (Lipinski definition) is 1. The van der Waals surface area contributed by atoms with Gasteiger partial charge in [0, 0.05) is 41.6 Å². The average molecular weight is 506 g/mol. The fourth-order valence-electron chi connectivity index (χ4n) is 4.76. The smallest absolute Gasteiger partial charge is 0.305 e. The summed E-state index contributed by atoms with van der Waals surface area (Å²) in [4.78, 5) is 28.2. The molecule has 0 aliphatic carbocycles. The molecule has 3 rings (SSSR count). The van der Waals surface area contributed by atoms with E-state index in [4.69, 9.17) is 9.47 Å². The molecule has 3 aromatic rings. The Morgan fingerprint density at radius 1 is 0.838 bits per heavy atom. The van der Waals surface area contributed by atoms with E-state index >= 15 is 0 Å². The maximum absolute atomic E-state index is 13.1. The molecule has 1 aromatic heterocycles. The summed E-state index contributed by atoms with van der Waals surface area (Å²) in [6, 6.07) is 16.9. The molecule has 5 heteroatoms. The van der Waals surface area contributed by atoms with Crippen LogP contribution in [0.15, 0.2) is 48.5 Å². The van der Waals surface area contributed by atoms with Crippen LogP contribution in [0, 0.1) is 5.92 Å². The molecule has 200 valence electrons. The number of rotatable bonds is 17. The third-order valence-electron chi connectivity index (χ3n) is 6.57. The van der Waals surface area contributed by atoms with Crippen LogP contribution < -0.4 is 0 Å². The number of unbranched alkanes of at least 4 members (excludes halogenated alkanes) is 2. The van der Waals surface area contributed by atoms with Gasteiger partial charge in [0.25, 0.3) is 0 Å². The molecular weight excluding hydrogens is 462 g/mol. The van der Waals surface area contributed by atoms with Gasteiger partial charge in [-0.1, -0.05) is 62.7 Å². The summed E-state index contributed by atoms with van der Waals surface area (Å²) in [6.45, 7) is 7.81. The number of nitrogens with one attached hydrogen (secondary N) is 1. The van der Waals surface area contributed by atoms with Crippen LogP contribution >= 0.6 is 0 Å². The van der Waals surface area contributed by atoms with Crippen molar-refractivity contribution in [1.82, 2.24) is 4.98 Å². The van der Waals surface area contributed by atoms with Gasteiger partial charge in [0.15, 0.2) is 5.78 Å². The number of ketones is 1. The Labute approximate surface area is 221 Å². The summed E-state index contributed by atoms with van der Waals surface area (Å²) in [5.74, 6) is 0.581. The Hall–Kier alpha value is -2.92. The van der Waals surface area contributed by atoms with E-state index in [9.17, 15) is 9.59 Å². The van der Waals surface area contributed by atoms with Crippen molar-refractivity contribution >= 4 is 22.7 Å². The first-order valence-corrected chi connectivity index (χ1v) is 13.9. The minimum atomic E-state index is -0.195. The molecule has 0 bridgehead atoms. The predicted octanol–water partition coefficient (Wildman–Crippen LogP) is 7.25. The lowest BCUT2D eigenvalue weighted by Crippen LogP contribution is -2.09. The molecule has 0 amide bonds. The summed E-state index contributed by atoms with van der Waals surface area (Å²) in [5, 5.41) is 0.941. The normalized spacial score (nSPS) is 11.4. The zero-order valence-electron chi connectivity index (χ0n) is 22.8. The highest BCUT2D eigenvalue weighted by atomic mass is 16.5. The molecule has 0 aliphatic rings. The molecule has 0 fully saturated rings. The summed E-state index contributed by atoms with van der Waals surface area (Å²) < 4.78 is 10.8. The van der Waals surface area contributed by atoms with Crippen molar-refractivity contribution in [2.45, 2.75) is 78.6 Å². The van der Waals surface area contributed by atoms with E-state index < -0.39 is 0 Å². The number of aryl methyl sites for hydroxylation is 2. The third-order valence-corrected chi connectivity index (χ3v) is 6.57. The fraction of sp³-hybridized carbons (Fsp3) is 0.500. The molecule has 0 atom stereocenters. The van der Waals surface area contributed by atoms with Gasteiger partial charge in [0.05, 0.1) is 13.2 Å². The maximum Gasteiger partial charge on any atom is 0.305 e. The fourth-order valence-corrected chi connectivity index (χ4v) is 4.76. The number of fused-ring (bicyclic) bond motifs is 1. The lowest BCUT2D eigenvalue weighted by molar-refractivity contribution is -0.143. The van der Waals surface area contributed by atoms with Gasteiger partial charge >= 0.3 is 5.97 Å². The van der Waals surface area contributed by atoms with E-state index in [1.54, 1.807) is 0 Å². The lowest BCUT2D eigenvalue weighted by atomic mass is 10.00. The molecule has 2 aromatic carbocycles. The topological polar surface area (TPSA) is 68.4 Å². The highest BCUT2D eigenvalue weighted by Gasteiger charge is 2.18. The van der Waals surface area contributed by atoms with E-state index in [2.05, 4.69) is 43.1 Å².